The summed E-state index contributed by atoms with van der Waals surface area (Å²) in [7, 11) is 0. The van der Waals surface area contributed by atoms with Crippen LogP contribution < -0.4 is 10.6 Å². The van der Waals surface area contributed by atoms with Gasteiger partial charge in [-0.3, -0.25) is 14.9 Å². The number of nitro groups is 1. The van der Waals surface area contributed by atoms with E-state index < -0.39 is 4.92 Å². The van der Waals surface area contributed by atoms with Crippen LogP contribution in [0.15, 0.2) is 18.2 Å². The Bertz CT molecular complexity index is 496. The number of carbonyl (C=O) groups excluding carboxylic acids is 1. The summed E-state index contributed by atoms with van der Waals surface area (Å²) in [5, 5.41) is 16.7. The molecule has 1 aliphatic rings. The number of non-ortho nitro benzene ring substituents is 1. The van der Waals surface area contributed by atoms with Gasteiger partial charge >= 0.3 is 0 Å². The topological polar surface area (TPSA) is 84.3 Å². The normalized spacial score (nSPS) is 18.3. The minimum absolute atomic E-state index is 0.0364. The Morgan fingerprint density at radius 2 is 2.37 bits per heavy atom. The molecular formula is C13H17N3O3. The van der Waals surface area contributed by atoms with Crippen LogP contribution in [-0.2, 0) is 4.79 Å². The lowest BCUT2D eigenvalue weighted by Crippen LogP contribution is -2.18. The highest BCUT2D eigenvalue weighted by molar-refractivity contribution is 5.91. The highest BCUT2D eigenvalue weighted by Gasteiger charge is 2.18. The molecule has 1 atom stereocenters. The van der Waals surface area contributed by atoms with Gasteiger partial charge in [-0.2, -0.15) is 0 Å². The maximum absolute atomic E-state index is 11.9. The molecule has 1 aromatic carbocycles. The third-order valence-electron chi connectivity index (χ3n) is 3.33. The number of hydrogen-bond acceptors (Lipinski definition) is 4. The zero-order valence-electron chi connectivity index (χ0n) is 10.8. The second-order valence-corrected chi connectivity index (χ2v) is 4.87. The van der Waals surface area contributed by atoms with Gasteiger partial charge in [0.25, 0.3) is 5.69 Å². The molecule has 0 aliphatic carbocycles. The third-order valence-corrected chi connectivity index (χ3v) is 3.33. The van der Waals surface area contributed by atoms with E-state index >= 15 is 0 Å². The van der Waals surface area contributed by atoms with Gasteiger partial charge in [0, 0.05) is 24.2 Å². The van der Waals surface area contributed by atoms with Crippen LogP contribution in [0.1, 0.15) is 18.4 Å². The molecule has 0 bridgehead atoms. The molecule has 0 aromatic heterocycles. The Labute approximate surface area is 111 Å². The number of nitrogens with zero attached hydrogens (tertiary/aromatic N) is 1. The van der Waals surface area contributed by atoms with E-state index in [2.05, 4.69) is 10.6 Å². The lowest BCUT2D eigenvalue weighted by molar-refractivity contribution is -0.384. The number of hydrogen-bond donors (Lipinski definition) is 2. The van der Waals surface area contributed by atoms with Crippen molar-refractivity contribution in [1.82, 2.24) is 5.32 Å². The summed E-state index contributed by atoms with van der Waals surface area (Å²) in [6.07, 6.45) is 1.51. The van der Waals surface area contributed by atoms with Gasteiger partial charge in [-0.25, -0.2) is 0 Å². The molecule has 2 N–H and O–H groups in total. The van der Waals surface area contributed by atoms with Crippen molar-refractivity contribution >= 4 is 17.3 Å². The summed E-state index contributed by atoms with van der Waals surface area (Å²) in [6.45, 7) is 3.60. The van der Waals surface area contributed by atoms with Crippen LogP contribution in [0.2, 0.25) is 0 Å². The zero-order chi connectivity index (χ0) is 13.8. The fraction of sp³-hybridized carbons (Fsp3) is 0.462. The van der Waals surface area contributed by atoms with Gasteiger partial charge in [0.2, 0.25) is 5.91 Å². The highest BCUT2D eigenvalue weighted by Crippen LogP contribution is 2.22. The summed E-state index contributed by atoms with van der Waals surface area (Å²) >= 11 is 0. The Morgan fingerprint density at radius 1 is 1.58 bits per heavy atom. The van der Waals surface area contributed by atoms with E-state index in [9.17, 15) is 14.9 Å². The van der Waals surface area contributed by atoms with Crippen molar-refractivity contribution in [3.05, 3.63) is 33.9 Å². The van der Waals surface area contributed by atoms with E-state index in [0.717, 1.165) is 19.5 Å². The van der Waals surface area contributed by atoms with E-state index in [1.54, 1.807) is 13.0 Å². The standard InChI is InChI=1S/C13H17N3O3/c1-9-6-11(16(18)19)2-3-12(9)15-13(17)7-10-4-5-14-8-10/h2-3,6,10,14H,4-5,7-8H2,1H3,(H,15,17). The summed E-state index contributed by atoms with van der Waals surface area (Å²) < 4.78 is 0. The first-order valence-corrected chi connectivity index (χ1v) is 6.32. The predicted molar refractivity (Wildman–Crippen MR) is 72.1 cm³/mol. The van der Waals surface area contributed by atoms with Crippen molar-refractivity contribution in [2.45, 2.75) is 19.8 Å². The monoisotopic (exact) mass is 263 g/mol. The maximum Gasteiger partial charge on any atom is 0.269 e. The largest absolute Gasteiger partial charge is 0.326 e. The first-order valence-electron chi connectivity index (χ1n) is 6.32. The molecule has 1 aromatic rings. The second kappa shape index (κ2) is 5.79. The fourth-order valence-corrected chi connectivity index (χ4v) is 2.25. The van der Waals surface area contributed by atoms with Crippen molar-refractivity contribution < 1.29 is 9.72 Å². The third kappa shape index (κ3) is 3.51. The molecule has 1 aliphatic heterocycles. The number of carbonyl (C=O) groups is 1. The van der Waals surface area contributed by atoms with Gasteiger partial charge < -0.3 is 10.6 Å². The van der Waals surface area contributed by atoms with Crippen LogP contribution in [0.25, 0.3) is 0 Å². The van der Waals surface area contributed by atoms with Crippen LogP contribution in [-0.4, -0.2) is 23.9 Å². The van der Waals surface area contributed by atoms with Gasteiger partial charge in [0.1, 0.15) is 0 Å². The Balaban J connectivity index is 1.98. The first-order chi connectivity index (χ1) is 9.06. The Hall–Kier alpha value is -1.95. The minimum Gasteiger partial charge on any atom is -0.326 e. The highest BCUT2D eigenvalue weighted by atomic mass is 16.6. The fourth-order valence-electron chi connectivity index (χ4n) is 2.25. The van der Waals surface area contributed by atoms with Crippen molar-refractivity contribution in [3.8, 4) is 0 Å². The van der Waals surface area contributed by atoms with Gasteiger partial charge in [0.15, 0.2) is 0 Å². The molecule has 1 heterocycles. The van der Waals surface area contributed by atoms with E-state index in [1.165, 1.54) is 12.1 Å². The SMILES string of the molecule is Cc1cc([N+](=O)[O-])ccc1NC(=O)CC1CCNC1. The quantitative estimate of drug-likeness (QED) is 0.641. The molecule has 1 fully saturated rings. The molecular weight excluding hydrogens is 246 g/mol. The van der Waals surface area contributed by atoms with Gasteiger partial charge in [-0.1, -0.05) is 0 Å². The minimum atomic E-state index is -0.442. The summed E-state index contributed by atoms with van der Waals surface area (Å²) in [5.41, 5.74) is 1.38. The molecule has 2 rings (SSSR count). The molecule has 0 saturated carbocycles. The number of aryl methyl sites for hydroxylation is 1. The summed E-state index contributed by atoms with van der Waals surface area (Å²) in [6, 6.07) is 4.45. The van der Waals surface area contributed by atoms with E-state index in [0.29, 0.717) is 23.6 Å². The number of nitro benzene ring substituents is 1. The number of nitrogens with one attached hydrogen (secondary N) is 2. The lowest BCUT2D eigenvalue weighted by atomic mass is 10.0. The summed E-state index contributed by atoms with van der Waals surface area (Å²) in [4.78, 5) is 22.1. The van der Waals surface area contributed by atoms with E-state index in [-0.39, 0.29) is 11.6 Å². The molecule has 19 heavy (non-hydrogen) atoms. The van der Waals surface area contributed by atoms with Crippen LogP contribution >= 0.6 is 0 Å². The molecule has 102 valence electrons. The number of rotatable bonds is 4. The van der Waals surface area contributed by atoms with Crippen LogP contribution in [0.5, 0.6) is 0 Å². The van der Waals surface area contributed by atoms with Gasteiger partial charge in [0.05, 0.1) is 4.92 Å². The average molecular weight is 263 g/mol. The van der Waals surface area contributed by atoms with Gasteiger partial charge in [-0.15, -0.1) is 0 Å². The second-order valence-electron chi connectivity index (χ2n) is 4.87. The smallest absolute Gasteiger partial charge is 0.269 e. The van der Waals surface area contributed by atoms with Crippen LogP contribution in [0, 0.1) is 23.0 Å². The van der Waals surface area contributed by atoms with Crippen LogP contribution in [0.4, 0.5) is 11.4 Å². The van der Waals surface area contributed by atoms with Crippen molar-refractivity contribution in [2.24, 2.45) is 5.92 Å². The van der Waals surface area contributed by atoms with Crippen LogP contribution in [0.3, 0.4) is 0 Å². The Morgan fingerprint density at radius 3 is 2.95 bits per heavy atom. The first kappa shape index (κ1) is 13.5. The molecule has 1 unspecified atom stereocenters. The summed E-state index contributed by atoms with van der Waals surface area (Å²) in [5.74, 6) is 0.351. The van der Waals surface area contributed by atoms with E-state index in [4.69, 9.17) is 0 Å². The molecule has 1 amide bonds. The predicted octanol–water partition coefficient (Wildman–Crippen LogP) is 1.84. The molecule has 6 heteroatoms. The van der Waals surface area contributed by atoms with Crippen molar-refractivity contribution in [2.75, 3.05) is 18.4 Å². The molecule has 6 nitrogen and oxygen atoms in total. The Kier molecular flexibility index (Phi) is 4.11. The van der Waals surface area contributed by atoms with Crippen molar-refractivity contribution in [3.63, 3.8) is 0 Å². The lowest BCUT2D eigenvalue weighted by Gasteiger charge is -2.11. The number of amides is 1. The van der Waals surface area contributed by atoms with Crippen molar-refractivity contribution in [1.29, 1.82) is 0 Å². The number of benzene rings is 1. The zero-order valence-corrected chi connectivity index (χ0v) is 10.8. The maximum atomic E-state index is 11.9. The van der Waals surface area contributed by atoms with E-state index in [1.807, 2.05) is 0 Å². The molecule has 0 spiro atoms. The average Bonchev–Trinajstić information content (AvgIpc) is 2.84. The van der Waals surface area contributed by atoms with Gasteiger partial charge in [-0.05, 0) is 44.0 Å². The molecule has 1 saturated heterocycles. The number of anilines is 1. The molecule has 0 radical (unpaired) electrons.